The molecule has 0 radical (unpaired) electrons. The van der Waals surface area contributed by atoms with E-state index < -0.39 is 0 Å². The smallest absolute Gasteiger partial charge is 0.309 e. The molecule has 1 amide bonds. The molecule has 0 fully saturated rings. The summed E-state index contributed by atoms with van der Waals surface area (Å²) in [5.41, 5.74) is 0.968. The van der Waals surface area contributed by atoms with Gasteiger partial charge in [0.1, 0.15) is 6.07 Å². The largest absolute Gasteiger partial charge is 0.469 e. The highest BCUT2D eigenvalue weighted by Gasteiger charge is 2.13. The summed E-state index contributed by atoms with van der Waals surface area (Å²) >= 11 is 1.53. The Balaban J connectivity index is 2.32. The number of ether oxygens (including phenoxy) is 1. The first kappa shape index (κ1) is 17.1. The maximum Gasteiger partial charge on any atom is 0.309 e. The minimum atomic E-state index is -0.241. The molecule has 0 saturated carbocycles. The number of nitrogens with one attached hydrogen (secondary N) is 1. The molecule has 1 aromatic carbocycles. The summed E-state index contributed by atoms with van der Waals surface area (Å²) in [4.78, 5) is 23.0. The van der Waals surface area contributed by atoms with Gasteiger partial charge in [-0.05, 0) is 12.1 Å². The van der Waals surface area contributed by atoms with Gasteiger partial charge < -0.3 is 10.1 Å². The van der Waals surface area contributed by atoms with Gasteiger partial charge in [-0.25, -0.2) is 0 Å². The molecule has 0 heterocycles. The zero-order chi connectivity index (χ0) is 15.7. The van der Waals surface area contributed by atoms with Gasteiger partial charge in [0.25, 0.3) is 0 Å². The molecule has 0 aromatic heterocycles. The van der Waals surface area contributed by atoms with Crippen LogP contribution in [0.25, 0.3) is 0 Å². The molecule has 1 rings (SSSR count). The van der Waals surface area contributed by atoms with Crippen molar-refractivity contribution in [3.05, 3.63) is 29.8 Å². The van der Waals surface area contributed by atoms with Gasteiger partial charge in [-0.15, -0.1) is 0 Å². The number of carbonyl (C=O) groups is 2. The Kier molecular flexibility index (Phi) is 7.33. The van der Waals surface area contributed by atoms with Crippen LogP contribution < -0.4 is 5.32 Å². The summed E-state index contributed by atoms with van der Waals surface area (Å²) in [5, 5.41) is 11.6. The Morgan fingerprint density at radius 3 is 2.81 bits per heavy atom. The summed E-state index contributed by atoms with van der Waals surface area (Å²) < 4.78 is 4.63. The standard InChI is InChI=1S/C15H18N2O3S/c1-11(15(19)20-2)10-21-8-7-14(18)17-13-6-4-3-5-12(13)9-16/h3-6,11H,7-8,10H2,1-2H3,(H,17,18). The monoisotopic (exact) mass is 306 g/mol. The zero-order valence-corrected chi connectivity index (χ0v) is 12.9. The van der Waals surface area contributed by atoms with Crippen LogP contribution >= 0.6 is 11.8 Å². The highest BCUT2D eigenvalue weighted by atomic mass is 32.2. The number of esters is 1. The second-order valence-electron chi connectivity index (χ2n) is 4.45. The first-order chi connectivity index (χ1) is 10.1. The fourth-order valence-electron chi connectivity index (χ4n) is 1.60. The van der Waals surface area contributed by atoms with Crippen molar-refractivity contribution in [2.24, 2.45) is 5.92 Å². The minimum Gasteiger partial charge on any atom is -0.469 e. The van der Waals surface area contributed by atoms with Gasteiger partial charge in [0.05, 0.1) is 24.3 Å². The number of methoxy groups -OCH3 is 1. The van der Waals surface area contributed by atoms with Crippen LogP contribution in [0.5, 0.6) is 0 Å². The molecule has 0 spiro atoms. The van der Waals surface area contributed by atoms with E-state index in [4.69, 9.17) is 5.26 Å². The van der Waals surface area contributed by atoms with Crippen LogP contribution in [0.3, 0.4) is 0 Å². The maximum atomic E-state index is 11.8. The fraction of sp³-hybridized carbons (Fsp3) is 0.400. The van der Waals surface area contributed by atoms with E-state index in [9.17, 15) is 9.59 Å². The highest BCUT2D eigenvalue weighted by Crippen LogP contribution is 2.15. The molecule has 1 unspecified atom stereocenters. The third kappa shape index (κ3) is 5.88. The van der Waals surface area contributed by atoms with E-state index >= 15 is 0 Å². The lowest BCUT2D eigenvalue weighted by molar-refractivity contribution is -0.144. The van der Waals surface area contributed by atoms with Gasteiger partial charge in [-0.3, -0.25) is 9.59 Å². The van der Waals surface area contributed by atoms with Crippen LogP contribution in [0.15, 0.2) is 24.3 Å². The summed E-state index contributed by atoms with van der Waals surface area (Å²) in [6.45, 7) is 1.79. The molecule has 1 N–H and O–H groups in total. The maximum absolute atomic E-state index is 11.8. The molecule has 1 atom stereocenters. The van der Waals surface area contributed by atoms with Crippen molar-refractivity contribution in [3.8, 4) is 6.07 Å². The predicted octanol–water partition coefficient (Wildman–Crippen LogP) is 2.43. The van der Waals surface area contributed by atoms with Crippen molar-refractivity contribution in [2.45, 2.75) is 13.3 Å². The summed E-state index contributed by atoms with van der Waals surface area (Å²) in [6, 6.07) is 8.90. The van der Waals surface area contributed by atoms with Crippen molar-refractivity contribution >= 4 is 29.3 Å². The number of benzene rings is 1. The van der Waals surface area contributed by atoms with Crippen LogP contribution in [-0.2, 0) is 14.3 Å². The molecule has 21 heavy (non-hydrogen) atoms. The number of anilines is 1. The van der Waals surface area contributed by atoms with Crippen molar-refractivity contribution in [1.82, 2.24) is 0 Å². The quantitative estimate of drug-likeness (QED) is 0.618. The number of thioether (sulfide) groups is 1. The SMILES string of the molecule is COC(=O)C(C)CSCCC(=O)Nc1ccccc1C#N. The van der Waals surface area contributed by atoms with E-state index in [0.29, 0.717) is 29.2 Å². The summed E-state index contributed by atoms with van der Waals surface area (Å²) in [5.74, 6) is 0.671. The van der Waals surface area contributed by atoms with E-state index in [1.165, 1.54) is 18.9 Å². The Morgan fingerprint density at radius 2 is 2.14 bits per heavy atom. The fourth-order valence-corrected chi connectivity index (χ4v) is 2.58. The third-order valence-electron chi connectivity index (χ3n) is 2.77. The van der Waals surface area contributed by atoms with Crippen molar-refractivity contribution < 1.29 is 14.3 Å². The molecule has 0 aliphatic heterocycles. The predicted molar refractivity (Wildman–Crippen MR) is 82.9 cm³/mol. The third-order valence-corrected chi connectivity index (χ3v) is 3.99. The number of nitriles is 1. The van der Waals surface area contributed by atoms with Crippen LogP contribution in [0.4, 0.5) is 5.69 Å². The number of hydrogen-bond acceptors (Lipinski definition) is 5. The molecule has 0 bridgehead atoms. The van der Waals surface area contributed by atoms with Crippen LogP contribution in [0.2, 0.25) is 0 Å². The van der Waals surface area contributed by atoms with E-state index in [0.717, 1.165) is 0 Å². The summed E-state index contributed by atoms with van der Waals surface area (Å²) in [6.07, 6.45) is 0.332. The molecule has 0 saturated heterocycles. The van der Waals surface area contributed by atoms with Crippen LogP contribution in [-0.4, -0.2) is 30.5 Å². The van der Waals surface area contributed by atoms with Crippen molar-refractivity contribution in [2.75, 3.05) is 23.9 Å². The molecule has 112 valence electrons. The average Bonchev–Trinajstić information content (AvgIpc) is 2.51. The first-order valence-corrected chi connectivity index (χ1v) is 7.68. The highest BCUT2D eigenvalue weighted by molar-refractivity contribution is 7.99. The van der Waals surface area contributed by atoms with Crippen molar-refractivity contribution in [1.29, 1.82) is 5.26 Å². The molecular weight excluding hydrogens is 288 g/mol. The number of amides is 1. The Morgan fingerprint density at radius 1 is 1.43 bits per heavy atom. The lowest BCUT2D eigenvalue weighted by Crippen LogP contribution is -2.16. The van der Waals surface area contributed by atoms with Gasteiger partial charge in [0, 0.05) is 17.9 Å². The van der Waals surface area contributed by atoms with E-state index in [1.807, 2.05) is 6.07 Å². The molecule has 6 heteroatoms. The van der Waals surface area contributed by atoms with E-state index in [2.05, 4.69) is 10.1 Å². The Labute approximate surface area is 128 Å². The molecule has 1 aromatic rings. The minimum absolute atomic E-state index is 0.143. The molecular formula is C15H18N2O3S. The lowest BCUT2D eigenvalue weighted by Gasteiger charge is -2.09. The van der Waals surface area contributed by atoms with Crippen molar-refractivity contribution in [3.63, 3.8) is 0 Å². The Hall–Kier alpha value is -2.00. The number of rotatable bonds is 7. The second-order valence-corrected chi connectivity index (χ2v) is 5.60. The van der Waals surface area contributed by atoms with E-state index in [-0.39, 0.29) is 17.8 Å². The second kappa shape index (κ2) is 9.03. The van der Waals surface area contributed by atoms with Crippen LogP contribution in [0, 0.1) is 17.2 Å². The molecule has 0 aliphatic rings. The normalized spacial score (nSPS) is 11.3. The van der Waals surface area contributed by atoms with Crippen LogP contribution in [0.1, 0.15) is 18.9 Å². The molecule has 5 nitrogen and oxygen atoms in total. The lowest BCUT2D eigenvalue weighted by atomic mass is 10.2. The van der Waals surface area contributed by atoms with Gasteiger partial charge in [0.2, 0.25) is 5.91 Å². The number of nitrogens with zero attached hydrogens (tertiary/aromatic N) is 1. The first-order valence-electron chi connectivity index (χ1n) is 6.53. The number of para-hydroxylation sites is 1. The zero-order valence-electron chi connectivity index (χ0n) is 12.1. The van der Waals surface area contributed by atoms with Gasteiger partial charge in [-0.2, -0.15) is 17.0 Å². The number of hydrogen-bond donors (Lipinski definition) is 1. The average molecular weight is 306 g/mol. The topological polar surface area (TPSA) is 79.2 Å². The van der Waals surface area contributed by atoms with Gasteiger partial charge in [0.15, 0.2) is 0 Å². The molecule has 0 aliphatic carbocycles. The summed E-state index contributed by atoms with van der Waals surface area (Å²) in [7, 11) is 1.36. The number of carbonyl (C=O) groups excluding carboxylic acids is 2. The van der Waals surface area contributed by atoms with Gasteiger partial charge in [-0.1, -0.05) is 19.1 Å². The Bertz CT molecular complexity index is 540. The van der Waals surface area contributed by atoms with Gasteiger partial charge >= 0.3 is 5.97 Å². The van der Waals surface area contributed by atoms with E-state index in [1.54, 1.807) is 31.2 Å².